The highest BCUT2D eigenvalue weighted by molar-refractivity contribution is 5.96. The van der Waals surface area contributed by atoms with Crippen molar-refractivity contribution in [2.45, 2.75) is 0 Å². The molecule has 1 aromatic carbocycles. The van der Waals surface area contributed by atoms with E-state index in [1.807, 2.05) is 0 Å². The van der Waals surface area contributed by atoms with Gasteiger partial charge in [0.25, 0.3) is 5.91 Å². The molecule has 0 atom stereocenters. The Balaban J connectivity index is 2.50. The number of amides is 1. The quantitative estimate of drug-likeness (QED) is 0.673. The van der Waals surface area contributed by atoms with E-state index in [1.165, 1.54) is 12.1 Å². The van der Waals surface area contributed by atoms with Crippen molar-refractivity contribution in [3.63, 3.8) is 0 Å². The van der Waals surface area contributed by atoms with Gasteiger partial charge in [0, 0.05) is 12.1 Å². The van der Waals surface area contributed by atoms with E-state index in [-0.39, 0.29) is 11.3 Å². The molecule has 5 heteroatoms. The van der Waals surface area contributed by atoms with Crippen molar-refractivity contribution in [1.82, 2.24) is 0 Å². The molecule has 0 fully saturated rings. The van der Waals surface area contributed by atoms with Crippen molar-refractivity contribution < 1.29 is 19.4 Å². The van der Waals surface area contributed by atoms with Gasteiger partial charge in [-0.3, -0.25) is 4.79 Å². The van der Waals surface area contributed by atoms with Gasteiger partial charge in [-0.25, -0.2) is 0 Å². The highest BCUT2D eigenvalue weighted by atomic mass is 16.6. The summed E-state index contributed by atoms with van der Waals surface area (Å²) >= 11 is 0. The second-order valence-corrected chi connectivity index (χ2v) is 2.88. The van der Waals surface area contributed by atoms with Gasteiger partial charge in [0.1, 0.15) is 19.0 Å². The summed E-state index contributed by atoms with van der Waals surface area (Å²) in [6, 6.07) is 2.71. The average molecular weight is 195 g/mol. The highest BCUT2D eigenvalue weighted by Crippen LogP contribution is 2.35. The normalized spacial score (nSPS) is 13.7. The first kappa shape index (κ1) is 8.68. The van der Waals surface area contributed by atoms with Gasteiger partial charge in [0.2, 0.25) is 0 Å². The minimum absolute atomic E-state index is 0.0363. The molecule has 1 aliphatic rings. The lowest BCUT2D eigenvalue weighted by atomic mass is 10.1. The Kier molecular flexibility index (Phi) is 1.92. The molecule has 0 saturated heterocycles. The molecule has 1 aliphatic heterocycles. The number of ether oxygens (including phenoxy) is 2. The summed E-state index contributed by atoms with van der Waals surface area (Å²) in [6.07, 6.45) is 0. The van der Waals surface area contributed by atoms with Crippen LogP contribution in [-0.4, -0.2) is 24.2 Å². The minimum atomic E-state index is -0.695. The molecule has 0 aromatic heterocycles. The van der Waals surface area contributed by atoms with Crippen LogP contribution >= 0.6 is 0 Å². The van der Waals surface area contributed by atoms with Gasteiger partial charge in [0.15, 0.2) is 11.5 Å². The number of hydrogen-bond acceptors (Lipinski definition) is 4. The number of primary amides is 1. The molecule has 1 amide bonds. The fourth-order valence-corrected chi connectivity index (χ4v) is 1.28. The SMILES string of the molecule is NC(=O)c1cc2c(cc1O)OCCO2. The van der Waals surface area contributed by atoms with E-state index in [1.54, 1.807) is 0 Å². The van der Waals surface area contributed by atoms with E-state index < -0.39 is 5.91 Å². The lowest BCUT2D eigenvalue weighted by molar-refractivity contribution is 0.0996. The van der Waals surface area contributed by atoms with Crippen LogP contribution in [0, 0.1) is 0 Å². The number of fused-ring (bicyclic) bond motifs is 1. The zero-order valence-electron chi connectivity index (χ0n) is 7.32. The summed E-state index contributed by atoms with van der Waals surface area (Å²) in [7, 11) is 0. The molecule has 5 nitrogen and oxygen atoms in total. The maximum absolute atomic E-state index is 10.9. The molecule has 3 N–H and O–H groups in total. The van der Waals surface area contributed by atoms with E-state index in [2.05, 4.69) is 0 Å². The summed E-state index contributed by atoms with van der Waals surface area (Å²) in [5, 5.41) is 9.40. The lowest BCUT2D eigenvalue weighted by Gasteiger charge is -2.18. The van der Waals surface area contributed by atoms with Gasteiger partial charge in [-0.2, -0.15) is 0 Å². The third-order valence-electron chi connectivity index (χ3n) is 1.93. The van der Waals surface area contributed by atoms with Gasteiger partial charge in [-0.1, -0.05) is 0 Å². The molecule has 14 heavy (non-hydrogen) atoms. The molecular weight excluding hydrogens is 186 g/mol. The van der Waals surface area contributed by atoms with Gasteiger partial charge in [-0.05, 0) is 0 Å². The van der Waals surface area contributed by atoms with Gasteiger partial charge >= 0.3 is 0 Å². The maximum Gasteiger partial charge on any atom is 0.252 e. The maximum atomic E-state index is 10.9. The molecule has 0 bridgehead atoms. The molecule has 0 spiro atoms. The van der Waals surface area contributed by atoms with Crippen molar-refractivity contribution in [2.24, 2.45) is 5.73 Å². The fraction of sp³-hybridized carbons (Fsp3) is 0.222. The molecule has 2 rings (SSSR count). The molecule has 0 aliphatic carbocycles. The third kappa shape index (κ3) is 1.32. The molecule has 0 saturated carbocycles. The predicted octanol–water partition coefficient (Wildman–Crippen LogP) is 0.262. The van der Waals surface area contributed by atoms with Crippen LogP contribution in [-0.2, 0) is 0 Å². The van der Waals surface area contributed by atoms with Gasteiger partial charge < -0.3 is 20.3 Å². The smallest absolute Gasteiger partial charge is 0.252 e. The standard InChI is InChI=1S/C9H9NO4/c10-9(12)5-3-7-8(4-6(5)11)14-2-1-13-7/h3-4,11H,1-2H2,(H2,10,12). The Morgan fingerprint density at radius 3 is 2.43 bits per heavy atom. The van der Waals surface area contributed by atoms with Crippen molar-refractivity contribution in [2.75, 3.05) is 13.2 Å². The van der Waals surface area contributed by atoms with Crippen LogP contribution in [0.25, 0.3) is 0 Å². The number of nitrogens with two attached hydrogens (primary N) is 1. The van der Waals surface area contributed by atoms with Crippen LogP contribution < -0.4 is 15.2 Å². The van der Waals surface area contributed by atoms with E-state index in [9.17, 15) is 9.90 Å². The minimum Gasteiger partial charge on any atom is -0.507 e. The van der Waals surface area contributed by atoms with Crippen molar-refractivity contribution in [3.05, 3.63) is 17.7 Å². The topological polar surface area (TPSA) is 81.8 Å². The van der Waals surface area contributed by atoms with E-state index in [0.29, 0.717) is 24.7 Å². The highest BCUT2D eigenvalue weighted by Gasteiger charge is 2.17. The zero-order chi connectivity index (χ0) is 10.1. The van der Waals surface area contributed by atoms with Crippen LogP contribution in [0.4, 0.5) is 0 Å². The van der Waals surface area contributed by atoms with E-state index >= 15 is 0 Å². The number of aromatic hydroxyl groups is 1. The first-order chi connectivity index (χ1) is 6.68. The van der Waals surface area contributed by atoms with E-state index in [4.69, 9.17) is 15.2 Å². The Morgan fingerprint density at radius 2 is 1.86 bits per heavy atom. The number of rotatable bonds is 1. The fourth-order valence-electron chi connectivity index (χ4n) is 1.28. The van der Waals surface area contributed by atoms with Crippen molar-refractivity contribution >= 4 is 5.91 Å². The van der Waals surface area contributed by atoms with Crippen LogP contribution in [0.2, 0.25) is 0 Å². The summed E-state index contributed by atoms with van der Waals surface area (Å²) in [4.78, 5) is 10.9. The molecule has 74 valence electrons. The van der Waals surface area contributed by atoms with Crippen LogP contribution in [0.1, 0.15) is 10.4 Å². The lowest BCUT2D eigenvalue weighted by Crippen LogP contribution is -2.17. The zero-order valence-corrected chi connectivity index (χ0v) is 7.32. The van der Waals surface area contributed by atoms with Crippen LogP contribution in [0.3, 0.4) is 0 Å². The van der Waals surface area contributed by atoms with Gasteiger partial charge in [0.05, 0.1) is 5.56 Å². The average Bonchev–Trinajstić information content (AvgIpc) is 2.16. The van der Waals surface area contributed by atoms with Crippen molar-refractivity contribution in [3.8, 4) is 17.2 Å². The Hall–Kier alpha value is -1.91. The largest absolute Gasteiger partial charge is 0.507 e. The summed E-state index contributed by atoms with van der Waals surface area (Å²) in [5.74, 6) is -0.0252. The number of hydrogen-bond donors (Lipinski definition) is 2. The summed E-state index contributed by atoms with van der Waals surface area (Å²) in [6.45, 7) is 0.859. The second kappa shape index (κ2) is 3.10. The number of carbonyl (C=O) groups excluding carboxylic acids is 1. The van der Waals surface area contributed by atoms with E-state index in [0.717, 1.165) is 0 Å². The number of phenols is 1. The Bertz CT molecular complexity index is 389. The molecule has 0 radical (unpaired) electrons. The second-order valence-electron chi connectivity index (χ2n) is 2.88. The van der Waals surface area contributed by atoms with Crippen LogP contribution in [0.5, 0.6) is 17.2 Å². The first-order valence-corrected chi connectivity index (χ1v) is 4.11. The molecule has 0 unspecified atom stereocenters. The first-order valence-electron chi connectivity index (χ1n) is 4.11. The van der Waals surface area contributed by atoms with Crippen molar-refractivity contribution in [1.29, 1.82) is 0 Å². The van der Waals surface area contributed by atoms with Crippen LogP contribution in [0.15, 0.2) is 12.1 Å². The predicted molar refractivity (Wildman–Crippen MR) is 47.6 cm³/mol. The Morgan fingerprint density at radius 1 is 1.29 bits per heavy atom. The summed E-state index contributed by atoms with van der Waals surface area (Å²) in [5.41, 5.74) is 5.09. The van der Waals surface area contributed by atoms with Gasteiger partial charge in [-0.15, -0.1) is 0 Å². The summed E-state index contributed by atoms with van der Waals surface area (Å²) < 4.78 is 10.4. The Labute approximate surface area is 80.0 Å². The molecule has 1 heterocycles. The monoisotopic (exact) mass is 195 g/mol. The third-order valence-corrected chi connectivity index (χ3v) is 1.93. The molecule has 1 aromatic rings. The number of benzene rings is 1. The number of carbonyl (C=O) groups is 1. The molecular formula is C9H9NO4.